The topological polar surface area (TPSA) is 111 Å². The van der Waals surface area contributed by atoms with E-state index in [0.29, 0.717) is 29.4 Å². The van der Waals surface area contributed by atoms with Crippen molar-refractivity contribution in [2.45, 2.75) is 12.8 Å². The van der Waals surface area contributed by atoms with Crippen molar-refractivity contribution >= 4 is 28.3 Å². The predicted octanol–water partition coefficient (Wildman–Crippen LogP) is 3.56. The van der Waals surface area contributed by atoms with E-state index in [4.69, 9.17) is 10.3 Å². The number of nitrogens with zero attached hydrogens (tertiary/aromatic N) is 2. The van der Waals surface area contributed by atoms with Crippen LogP contribution >= 0.6 is 0 Å². The van der Waals surface area contributed by atoms with E-state index in [9.17, 15) is 9.59 Å². The number of nitrogens with two attached hydrogens (primary N) is 1. The Labute approximate surface area is 166 Å². The summed E-state index contributed by atoms with van der Waals surface area (Å²) in [5.41, 5.74) is 7.06. The van der Waals surface area contributed by atoms with Gasteiger partial charge in [0.15, 0.2) is 0 Å². The Hall–Kier alpha value is -4.00. The van der Waals surface area contributed by atoms with Gasteiger partial charge in [-0.1, -0.05) is 47.6 Å². The lowest BCUT2D eigenvalue weighted by atomic mass is 10.0. The van der Waals surface area contributed by atoms with E-state index in [1.807, 2.05) is 42.5 Å². The van der Waals surface area contributed by atoms with E-state index in [1.165, 1.54) is 0 Å². The first-order valence-electron chi connectivity index (χ1n) is 9.10. The molecule has 0 atom stereocenters. The van der Waals surface area contributed by atoms with Crippen LogP contribution in [0.15, 0.2) is 71.3 Å². The van der Waals surface area contributed by atoms with Gasteiger partial charge in [0, 0.05) is 29.7 Å². The molecule has 0 aliphatic carbocycles. The van der Waals surface area contributed by atoms with Gasteiger partial charge in [-0.2, -0.15) is 4.98 Å². The highest BCUT2D eigenvalue weighted by molar-refractivity contribution is 5.95. The molecule has 144 valence electrons. The van der Waals surface area contributed by atoms with Gasteiger partial charge in [-0.05, 0) is 35.0 Å². The van der Waals surface area contributed by atoms with Crippen molar-refractivity contribution in [3.8, 4) is 11.4 Å². The minimum atomic E-state index is -0.513. The first-order chi connectivity index (χ1) is 14.1. The normalized spacial score (nSPS) is 10.8. The number of anilines is 1. The second-order valence-electron chi connectivity index (χ2n) is 6.53. The van der Waals surface area contributed by atoms with Crippen molar-refractivity contribution < 1.29 is 14.1 Å². The molecule has 1 heterocycles. The SMILES string of the molecule is NC(=O)c1ccc(NC(=O)CCc2nc(-c3cccc4ccccc34)no2)cc1. The number of hydrogen-bond donors (Lipinski definition) is 2. The molecule has 0 fully saturated rings. The van der Waals surface area contributed by atoms with Crippen LogP contribution in [0.25, 0.3) is 22.2 Å². The summed E-state index contributed by atoms with van der Waals surface area (Å²) in [6.07, 6.45) is 0.512. The average molecular weight is 386 g/mol. The Morgan fingerprint density at radius 1 is 0.966 bits per heavy atom. The second kappa shape index (κ2) is 7.93. The molecule has 2 amide bonds. The average Bonchev–Trinajstić information content (AvgIpc) is 3.21. The molecule has 7 nitrogen and oxygen atoms in total. The molecular formula is C22H18N4O3. The number of carbonyl (C=O) groups excluding carboxylic acids is 2. The molecule has 7 heteroatoms. The minimum absolute atomic E-state index is 0.189. The van der Waals surface area contributed by atoms with Gasteiger partial charge in [0.2, 0.25) is 23.5 Å². The van der Waals surface area contributed by atoms with E-state index < -0.39 is 5.91 Å². The molecule has 0 saturated heterocycles. The van der Waals surface area contributed by atoms with Crippen molar-refractivity contribution in [1.82, 2.24) is 10.1 Å². The zero-order valence-electron chi connectivity index (χ0n) is 15.5. The second-order valence-corrected chi connectivity index (χ2v) is 6.53. The van der Waals surface area contributed by atoms with E-state index in [2.05, 4.69) is 15.5 Å². The number of aromatic nitrogens is 2. The van der Waals surface area contributed by atoms with E-state index in [0.717, 1.165) is 16.3 Å². The summed E-state index contributed by atoms with van der Waals surface area (Å²) in [5.74, 6) is 0.189. The quantitative estimate of drug-likeness (QED) is 0.526. The van der Waals surface area contributed by atoms with E-state index in [-0.39, 0.29) is 12.3 Å². The van der Waals surface area contributed by atoms with Crippen LogP contribution in [-0.4, -0.2) is 22.0 Å². The molecule has 4 rings (SSSR count). The zero-order valence-corrected chi connectivity index (χ0v) is 15.5. The number of carbonyl (C=O) groups is 2. The van der Waals surface area contributed by atoms with Crippen molar-refractivity contribution in [2.75, 3.05) is 5.32 Å². The van der Waals surface area contributed by atoms with Crippen LogP contribution in [0.5, 0.6) is 0 Å². The maximum Gasteiger partial charge on any atom is 0.248 e. The summed E-state index contributed by atoms with van der Waals surface area (Å²) in [4.78, 5) is 27.7. The monoisotopic (exact) mass is 386 g/mol. The lowest BCUT2D eigenvalue weighted by molar-refractivity contribution is -0.116. The fraction of sp³-hybridized carbons (Fsp3) is 0.0909. The van der Waals surface area contributed by atoms with Crippen LogP contribution < -0.4 is 11.1 Å². The molecule has 0 radical (unpaired) electrons. The van der Waals surface area contributed by atoms with Gasteiger partial charge in [0.05, 0.1) is 0 Å². The first kappa shape index (κ1) is 18.4. The predicted molar refractivity (Wildman–Crippen MR) is 109 cm³/mol. The maximum absolute atomic E-state index is 12.2. The van der Waals surface area contributed by atoms with Crippen molar-refractivity contribution in [2.24, 2.45) is 5.73 Å². The lowest BCUT2D eigenvalue weighted by Crippen LogP contribution is -2.13. The maximum atomic E-state index is 12.2. The number of nitrogens with one attached hydrogen (secondary N) is 1. The third-order valence-corrected chi connectivity index (χ3v) is 4.52. The largest absolute Gasteiger partial charge is 0.366 e. The van der Waals surface area contributed by atoms with E-state index in [1.54, 1.807) is 24.3 Å². The molecule has 29 heavy (non-hydrogen) atoms. The highest BCUT2D eigenvalue weighted by Gasteiger charge is 2.13. The number of aryl methyl sites for hydroxylation is 1. The van der Waals surface area contributed by atoms with Crippen LogP contribution in [0.4, 0.5) is 5.69 Å². The number of benzene rings is 3. The van der Waals surface area contributed by atoms with Crippen LogP contribution in [0.2, 0.25) is 0 Å². The summed E-state index contributed by atoms with van der Waals surface area (Å²) in [7, 11) is 0. The van der Waals surface area contributed by atoms with Crippen LogP contribution in [0, 0.1) is 0 Å². The smallest absolute Gasteiger partial charge is 0.248 e. The van der Waals surface area contributed by atoms with Gasteiger partial charge in [0.25, 0.3) is 0 Å². The number of hydrogen-bond acceptors (Lipinski definition) is 5. The third kappa shape index (κ3) is 4.14. The Morgan fingerprint density at radius 2 is 1.72 bits per heavy atom. The van der Waals surface area contributed by atoms with Crippen LogP contribution in [0.3, 0.4) is 0 Å². The summed E-state index contributed by atoms with van der Waals surface area (Å²) < 4.78 is 5.32. The standard InChI is InChI=1S/C22H18N4O3/c23-21(28)15-8-10-16(11-9-15)24-19(27)12-13-20-25-22(26-29-20)18-7-3-5-14-4-1-2-6-17(14)18/h1-11H,12-13H2,(H2,23,28)(H,24,27). The molecule has 3 aromatic carbocycles. The van der Waals surface area contributed by atoms with Gasteiger partial charge in [-0.3, -0.25) is 9.59 Å². The molecule has 0 spiro atoms. The Bertz CT molecular complexity index is 1180. The van der Waals surface area contributed by atoms with Gasteiger partial charge < -0.3 is 15.6 Å². The van der Waals surface area contributed by atoms with Gasteiger partial charge in [-0.25, -0.2) is 0 Å². The Kier molecular flexibility index (Phi) is 5.03. The van der Waals surface area contributed by atoms with E-state index >= 15 is 0 Å². The molecule has 0 bridgehead atoms. The molecule has 0 aliphatic heterocycles. The van der Waals surface area contributed by atoms with Crippen molar-refractivity contribution in [3.05, 3.63) is 78.2 Å². The highest BCUT2D eigenvalue weighted by atomic mass is 16.5. The van der Waals surface area contributed by atoms with Gasteiger partial charge in [-0.15, -0.1) is 0 Å². The first-order valence-corrected chi connectivity index (χ1v) is 9.10. The van der Waals surface area contributed by atoms with Crippen LogP contribution in [0.1, 0.15) is 22.7 Å². The molecule has 1 aromatic heterocycles. The number of rotatable bonds is 6. The van der Waals surface area contributed by atoms with Crippen molar-refractivity contribution in [3.63, 3.8) is 0 Å². The molecule has 3 N–H and O–H groups in total. The fourth-order valence-corrected chi connectivity index (χ4v) is 3.05. The van der Waals surface area contributed by atoms with Gasteiger partial charge in [0.1, 0.15) is 0 Å². The fourth-order valence-electron chi connectivity index (χ4n) is 3.05. The Balaban J connectivity index is 1.40. The summed E-state index contributed by atoms with van der Waals surface area (Å²) in [6, 6.07) is 20.3. The van der Waals surface area contributed by atoms with Gasteiger partial charge >= 0.3 is 0 Å². The molecule has 4 aromatic rings. The number of amides is 2. The molecule has 0 unspecified atom stereocenters. The highest BCUT2D eigenvalue weighted by Crippen LogP contribution is 2.26. The minimum Gasteiger partial charge on any atom is -0.366 e. The summed E-state index contributed by atoms with van der Waals surface area (Å²) in [6.45, 7) is 0. The molecular weight excluding hydrogens is 368 g/mol. The molecule has 0 aliphatic rings. The lowest BCUT2D eigenvalue weighted by Gasteiger charge is -2.04. The zero-order chi connectivity index (χ0) is 20.2. The summed E-state index contributed by atoms with van der Waals surface area (Å²) in [5, 5.41) is 8.96. The molecule has 0 saturated carbocycles. The third-order valence-electron chi connectivity index (χ3n) is 4.52. The van der Waals surface area contributed by atoms with Crippen LogP contribution in [-0.2, 0) is 11.2 Å². The number of fused-ring (bicyclic) bond motifs is 1. The summed E-state index contributed by atoms with van der Waals surface area (Å²) >= 11 is 0. The number of primary amides is 1. The Morgan fingerprint density at radius 3 is 2.52 bits per heavy atom. The van der Waals surface area contributed by atoms with Crippen molar-refractivity contribution in [1.29, 1.82) is 0 Å².